The zero-order valence-electron chi connectivity index (χ0n) is 5.81. The molecule has 0 bridgehead atoms. The summed E-state index contributed by atoms with van der Waals surface area (Å²) in [6, 6.07) is 6.05. The average Bonchev–Trinajstić information content (AvgIpc) is 1.83. The molecule has 0 saturated heterocycles. The highest BCUT2D eigenvalue weighted by Crippen LogP contribution is 2.09. The van der Waals surface area contributed by atoms with Crippen LogP contribution >= 0.6 is 0 Å². The highest BCUT2D eigenvalue weighted by Gasteiger charge is 1.92. The Kier molecular flexibility index (Phi) is 1.56. The van der Waals surface area contributed by atoms with E-state index in [0.29, 0.717) is 0 Å². The molecule has 1 rings (SSSR count). The Labute approximate surface area is 56.5 Å². The number of aryl methyl sites for hydroxylation is 2. The van der Waals surface area contributed by atoms with E-state index in [1.807, 2.05) is 32.0 Å². The largest absolute Gasteiger partial charge is 0.0617 e. The van der Waals surface area contributed by atoms with E-state index in [-0.39, 0.29) is 0 Å². The van der Waals surface area contributed by atoms with E-state index in [1.165, 1.54) is 0 Å². The van der Waals surface area contributed by atoms with E-state index in [1.54, 1.807) is 0 Å². The van der Waals surface area contributed by atoms with Crippen molar-refractivity contribution in [3.8, 4) is 0 Å². The molecule has 1 aromatic rings. The molecule has 2 radical (unpaired) electrons. The van der Waals surface area contributed by atoms with Crippen LogP contribution in [-0.4, -0.2) is 0 Å². The van der Waals surface area contributed by atoms with Gasteiger partial charge in [-0.3, -0.25) is 0 Å². The fraction of sp³-hybridized carbons (Fsp3) is 0.222. The molecule has 46 valence electrons. The van der Waals surface area contributed by atoms with Gasteiger partial charge in [-0.25, -0.2) is 0 Å². The second-order valence-electron chi connectivity index (χ2n) is 2.31. The molecule has 0 aliphatic carbocycles. The van der Waals surface area contributed by atoms with Gasteiger partial charge < -0.3 is 0 Å². The van der Waals surface area contributed by atoms with Crippen molar-refractivity contribution in [2.45, 2.75) is 13.8 Å². The Morgan fingerprint density at radius 3 is 1.89 bits per heavy atom. The molecular weight excluding hydrogens is 108 g/mol. The first-order valence-electron chi connectivity index (χ1n) is 3.03. The maximum Gasteiger partial charge on any atom is -0.000640 e. The Morgan fingerprint density at radius 1 is 1.11 bits per heavy atom. The summed E-state index contributed by atoms with van der Waals surface area (Å²) in [5, 5.41) is 0. The monoisotopic (exact) mass is 118 g/mol. The second-order valence-corrected chi connectivity index (χ2v) is 2.31. The van der Waals surface area contributed by atoms with Gasteiger partial charge >= 0.3 is 0 Å². The van der Waals surface area contributed by atoms with Gasteiger partial charge in [-0.2, -0.15) is 0 Å². The van der Waals surface area contributed by atoms with Gasteiger partial charge in [0, 0.05) is 0 Å². The summed E-state index contributed by atoms with van der Waals surface area (Å²) in [5.41, 5.74) is 3.24. The summed E-state index contributed by atoms with van der Waals surface area (Å²) in [6.07, 6.45) is 0. The van der Waals surface area contributed by atoms with Crippen molar-refractivity contribution < 1.29 is 0 Å². The zero-order valence-corrected chi connectivity index (χ0v) is 5.81. The predicted molar refractivity (Wildman–Crippen MR) is 39.3 cm³/mol. The summed E-state index contributed by atoms with van der Waals surface area (Å²) in [4.78, 5) is 0. The summed E-state index contributed by atoms with van der Waals surface area (Å²) >= 11 is 0. The second kappa shape index (κ2) is 2.22. The van der Waals surface area contributed by atoms with Gasteiger partial charge in [0.05, 0.1) is 0 Å². The first-order chi connectivity index (χ1) is 4.22. The number of rotatable bonds is 0. The molecule has 0 heteroatoms. The van der Waals surface area contributed by atoms with Gasteiger partial charge in [0.2, 0.25) is 0 Å². The van der Waals surface area contributed by atoms with Gasteiger partial charge in [-0.1, -0.05) is 18.2 Å². The first-order valence-corrected chi connectivity index (χ1v) is 3.03. The van der Waals surface area contributed by atoms with Crippen molar-refractivity contribution in [2.75, 3.05) is 0 Å². The number of hydrogen-bond acceptors (Lipinski definition) is 0. The molecule has 0 amide bonds. The Bertz CT molecular complexity index is 191. The first kappa shape index (κ1) is 6.34. The molecule has 0 aliphatic heterocycles. The van der Waals surface area contributed by atoms with E-state index in [2.05, 4.69) is 0 Å². The topological polar surface area (TPSA) is 0 Å². The summed E-state index contributed by atoms with van der Waals surface area (Å²) < 4.78 is 0. The summed E-state index contributed by atoms with van der Waals surface area (Å²) in [6.45, 7) is 9.71. The molecule has 0 saturated carbocycles. The van der Waals surface area contributed by atoms with Crippen LogP contribution in [0.15, 0.2) is 18.2 Å². The molecular formula is C9H10. The smallest absolute Gasteiger partial charge is 0.000640 e. The number of benzene rings is 1. The van der Waals surface area contributed by atoms with E-state index in [4.69, 9.17) is 6.92 Å². The molecule has 9 heavy (non-hydrogen) atoms. The van der Waals surface area contributed by atoms with Crippen LogP contribution in [0.3, 0.4) is 0 Å². The third kappa shape index (κ3) is 1.13. The minimum atomic E-state index is 0.914. The quantitative estimate of drug-likeness (QED) is 0.490. The molecule has 1 aromatic carbocycles. The van der Waals surface area contributed by atoms with Crippen molar-refractivity contribution in [2.24, 2.45) is 0 Å². The number of hydrogen-bond donors (Lipinski definition) is 0. The lowest BCUT2D eigenvalue weighted by atomic mass is 10.1. The summed E-state index contributed by atoms with van der Waals surface area (Å²) in [5.74, 6) is 0. The van der Waals surface area contributed by atoms with Crippen LogP contribution in [0.1, 0.15) is 16.7 Å². The van der Waals surface area contributed by atoms with Crippen LogP contribution in [-0.2, 0) is 0 Å². The SMILES string of the molecule is [CH]c1c(C)cccc1C. The highest BCUT2D eigenvalue weighted by molar-refractivity contribution is 5.35. The Balaban J connectivity index is 3.25. The molecule has 0 atom stereocenters. The third-order valence-corrected chi connectivity index (χ3v) is 1.54. The third-order valence-electron chi connectivity index (χ3n) is 1.54. The lowest BCUT2D eigenvalue weighted by Gasteiger charge is -2.00. The molecule has 0 nitrogen and oxygen atoms in total. The molecule has 0 N–H and O–H groups in total. The van der Waals surface area contributed by atoms with Crippen LogP contribution in [0.2, 0.25) is 0 Å². The minimum absolute atomic E-state index is 0.914. The van der Waals surface area contributed by atoms with Gasteiger partial charge in [-0.15, -0.1) is 0 Å². The van der Waals surface area contributed by atoms with Crippen molar-refractivity contribution >= 4 is 0 Å². The van der Waals surface area contributed by atoms with Crippen LogP contribution < -0.4 is 0 Å². The van der Waals surface area contributed by atoms with Crippen LogP contribution in [0, 0.1) is 20.8 Å². The molecule has 0 aliphatic rings. The van der Waals surface area contributed by atoms with E-state index in [9.17, 15) is 0 Å². The van der Waals surface area contributed by atoms with Gasteiger partial charge in [0.15, 0.2) is 0 Å². The van der Waals surface area contributed by atoms with Crippen LogP contribution in [0.5, 0.6) is 0 Å². The van der Waals surface area contributed by atoms with Crippen molar-refractivity contribution in [3.05, 3.63) is 41.8 Å². The Hall–Kier alpha value is -0.780. The normalized spacial score (nSPS) is 9.67. The maximum atomic E-state index is 5.68. The van der Waals surface area contributed by atoms with Crippen molar-refractivity contribution in [1.82, 2.24) is 0 Å². The minimum Gasteiger partial charge on any atom is -0.0617 e. The fourth-order valence-electron chi connectivity index (χ4n) is 0.827. The van der Waals surface area contributed by atoms with Gasteiger partial charge in [0.1, 0.15) is 0 Å². The average molecular weight is 118 g/mol. The predicted octanol–water partition coefficient (Wildman–Crippen LogP) is 2.36. The molecule has 0 aromatic heterocycles. The Morgan fingerprint density at radius 2 is 1.56 bits per heavy atom. The fourth-order valence-corrected chi connectivity index (χ4v) is 0.827. The molecule has 0 spiro atoms. The lowest BCUT2D eigenvalue weighted by Crippen LogP contribution is -1.82. The maximum absolute atomic E-state index is 5.68. The van der Waals surface area contributed by atoms with Crippen LogP contribution in [0.25, 0.3) is 0 Å². The van der Waals surface area contributed by atoms with E-state index < -0.39 is 0 Å². The molecule has 0 heterocycles. The summed E-state index contributed by atoms with van der Waals surface area (Å²) in [7, 11) is 0. The standard InChI is InChI=1S/C9H10/c1-7-5-4-6-8(2)9(7)3/h3-6H,1-2H3. The molecule has 0 unspecified atom stereocenters. The van der Waals surface area contributed by atoms with Gasteiger partial charge in [0.25, 0.3) is 0 Å². The van der Waals surface area contributed by atoms with E-state index in [0.717, 1.165) is 16.7 Å². The van der Waals surface area contributed by atoms with Crippen molar-refractivity contribution in [1.29, 1.82) is 0 Å². The highest BCUT2D eigenvalue weighted by atomic mass is 14.0. The van der Waals surface area contributed by atoms with Gasteiger partial charge in [-0.05, 0) is 37.5 Å². The van der Waals surface area contributed by atoms with E-state index >= 15 is 0 Å². The molecule has 0 fully saturated rings. The van der Waals surface area contributed by atoms with Crippen LogP contribution in [0.4, 0.5) is 0 Å². The van der Waals surface area contributed by atoms with Crippen molar-refractivity contribution in [3.63, 3.8) is 0 Å². The lowest BCUT2D eigenvalue weighted by molar-refractivity contribution is 1.33. The zero-order chi connectivity index (χ0) is 6.85.